The third kappa shape index (κ3) is 3.61. The Balaban J connectivity index is 1.58. The fourth-order valence-electron chi connectivity index (χ4n) is 2.74. The number of carbonyl (C=O) groups is 1. The Morgan fingerprint density at radius 3 is 2.82 bits per heavy atom. The molecule has 1 N–H and O–H groups in total. The van der Waals surface area contributed by atoms with Crippen molar-refractivity contribution >= 4 is 34.2 Å². The molecule has 0 radical (unpaired) electrons. The number of fused-ring (bicyclic) bond motifs is 1. The molecule has 0 saturated carbocycles. The Morgan fingerprint density at radius 1 is 1.18 bits per heavy atom. The fraction of sp³-hybridized carbons (Fsp3) is 0.278. The van der Waals surface area contributed by atoms with E-state index >= 15 is 0 Å². The first-order valence-corrected chi connectivity index (χ1v) is 8.50. The lowest BCUT2D eigenvalue weighted by Gasteiger charge is -2.10. The number of hydrogen-bond acceptors (Lipinski definition) is 2. The van der Waals surface area contributed by atoms with Crippen molar-refractivity contribution in [2.24, 2.45) is 0 Å². The molecule has 3 rings (SSSR count). The molecule has 22 heavy (non-hydrogen) atoms. The molecule has 0 spiro atoms. The van der Waals surface area contributed by atoms with Gasteiger partial charge in [0.2, 0.25) is 0 Å². The van der Waals surface area contributed by atoms with Crippen LogP contribution < -0.4 is 10.1 Å². The summed E-state index contributed by atoms with van der Waals surface area (Å²) < 4.78 is 6.77. The molecule has 1 aliphatic rings. The Hall–Kier alpha value is -1.56. The summed E-state index contributed by atoms with van der Waals surface area (Å²) in [6.07, 6.45) is 3.48. The van der Waals surface area contributed by atoms with Crippen molar-refractivity contribution in [2.45, 2.75) is 26.2 Å². The summed E-state index contributed by atoms with van der Waals surface area (Å²) in [5, 5.41) is 2.89. The number of hydrogen-bond donors (Lipinski definition) is 1. The van der Waals surface area contributed by atoms with Gasteiger partial charge in [-0.15, -0.1) is 0 Å². The van der Waals surface area contributed by atoms with Crippen LogP contribution in [0.3, 0.4) is 0 Å². The smallest absolute Gasteiger partial charge is 0.262 e. The Labute approximate surface area is 144 Å². The highest BCUT2D eigenvalue weighted by Crippen LogP contribution is 2.26. The van der Waals surface area contributed by atoms with E-state index < -0.39 is 0 Å². The lowest BCUT2D eigenvalue weighted by atomic mass is 10.1. The van der Waals surface area contributed by atoms with Crippen LogP contribution in [0.2, 0.25) is 0 Å². The van der Waals surface area contributed by atoms with Crippen molar-refractivity contribution in [3.05, 3.63) is 56.7 Å². The van der Waals surface area contributed by atoms with E-state index in [1.54, 1.807) is 0 Å². The first-order chi connectivity index (χ1) is 10.6. The number of halogens is 1. The van der Waals surface area contributed by atoms with Crippen LogP contribution in [0.1, 0.15) is 23.1 Å². The molecule has 0 bridgehead atoms. The zero-order valence-electron chi connectivity index (χ0n) is 12.5. The highest BCUT2D eigenvalue weighted by atomic mass is 127. The summed E-state index contributed by atoms with van der Waals surface area (Å²) in [5.74, 6) is 0.639. The molecule has 0 atom stereocenters. The number of anilines is 1. The second-order valence-electron chi connectivity index (χ2n) is 5.58. The Kier molecular flexibility index (Phi) is 4.66. The van der Waals surface area contributed by atoms with Crippen molar-refractivity contribution in [1.29, 1.82) is 0 Å². The van der Waals surface area contributed by atoms with Crippen molar-refractivity contribution in [2.75, 3.05) is 11.9 Å². The van der Waals surface area contributed by atoms with Crippen molar-refractivity contribution in [3.8, 4) is 5.75 Å². The van der Waals surface area contributed by atoms with E-state index in [1.165, 1.54) is 17.5 Å². The number of carbonyl (C=O) groups excluding carboxylic acids is 1. The third-order valence-corrected chi connectivity index (χ3v) is 4.57. The van der Waals surface area contributed by atoms with Gasteiger partial charge < -0.3 is 10.1 Å². The van der Waals surface area contributed by atoms with Crippen molar-refractivity contribution in [1.82, 2.24) is 0 Å². The normalized spacial score (nSPS) is 12.8. The van der Waals surface area contributed by atoms with Crippen molar-refractivity contribution in [3.63, 3.8) is 0 Å². The summed E-state index contributed by atoms with van der Waals surface area (Å²) >= 11 is 2.26. The van der Waals surface area contributed by atoms with Gasteiger partial charge in [0.15, 0.2) is 6.61 Å². The number of rotatable bonds is 4. The lowest BCUT2D eigenvalue weighted by molar-refractivity contribution is -0.118. The molecule has 2 aromatic carbocycles. The molecule has 0 unspecified atom stereocenters. The predicted octanol–water partition coefficient (Wildman–Crippen LogP) is 4.11. The Bertz CT molecular complexity index is 712. The van der Waals surface area contributed by atoms with Gasteiger partial charge in [-0.3, -0.25) is 4.79 Å². The molecule has 1 aliphatic carbocycles. The van der Waals surface area contributed by atoms with E-state index in [1.807, 2.05) is 31.2 Å². The molecule has 4 heteroatoms. The first kappa shape index (κ1) is 15.3. The molecule has 3 nitrogen and oxygen atoms in total. The number of aryl methyl sites for hydroxylation is 3. The molecule has 0 aliphatic heterocycles. The van der Waals surface area contributed by atoms with Crippen LogP contribution in [-0.2, 0) is 17.6 Å². The second kappa shape index (κ2) is 6.69. The summed E-state index contributed by atoms with van der Waals surface area (Å²) in [4.78, 5) is 12.0. The number of amides is 1. The van der Waals surface area contributed by atoms with Crippen molar-refractivity contribution < 1.29 is 9.53 Å². The van der Waals surface area contributed by atoms with Crippen LogP contribution in [0.25, 0.3) is 0 Å². The first-order valence-electron chi connectivity index (χ1n) is 7.42. The van der Waals surface area contributed by atoms with Gasteiger partial charge in [0.25, 0.3) is 5.91 Å². The van der Waals surface area contributed by atoms with Gasteiger partial charge in [-0.05, 0) is 95.8 Å². The van der Waals surface area contributed by atoms with Gasteiger partial charge in [0, 0.05) is 9.26 Å². The minimum atomic E-state index is -0.134. The summed E-state index contributed by atoms with van der Waals surface area (Å²) in [5.41, 5.74) is 4.65. The van der Waals surface area contributed by atoms with Crippen LogP contribution in [-0.4, -0.2) is 12.5 Å². The maximum Gasteiger partial charge on any atom is 0.262 e. The highest BCUT2D eigenvalue weighted by molar-refractivity contribution is 14.1. The molecular formula is C18H18INO2. The van der Waals surface area contributed by atoms with E-state index in [0.717, 1.165) is 33.4 Å². The van der Waals surface area contributed by atoms with E-state index in [0.29, 0.717) is 0 Å². The molecule has 1 amide bonds. The Morgan fingerprint density at radius 2 is 2.00 bits per heavy atom. The average Bonchev–Trinajstić information content (AvgIpc) is 2.95. The third-order valence-electron chi connectivity index (χ3n) is 3.90. The lowest BCUT2D eigenvalue weighted by Crippen LogP contribution is -2.20. The van der Waals surface area contributed by atoms with Gasteiger partial charge in [-0.25, -0.2) is 0 Å². The molecule has 0 fully saturated rings. The zero-order chi connectivity index (χ0) is 15.5. The summed E-state index contributed by atoms with van der Waals surface area (Å²) in [6, 6.07) is 12.1. The minimum Gasteiger partial charge on any atom is -0.484 e. The van der Waals surface area contributed by atoms with E-state index in [4.69, 9.17) is 4.74 Å². The summed E-state index contributed by atoms with van der Waals surface area (Å²) in [7, 11) is 0. The van der Waals surface area contributed by atoms with Crippen LogP contribution >= 0.6 is 22.6 Å². The van der Waals surface area contributed by atoms with Gasteiger partial charge in [-0.2, -0.15) is 0 Å². The quantitative estimate of drug-likeness (QED) is 0.775. The maximum atomic E-state index is 12.0. The van der Waals surface area contributed by atoms with Crippen LogP contribution in [0.4, 0.5) is 5.69 Å². The van der Waals surface area contributed by atoms with Crippen LogP contribution in [0.5, 0.6) is 5.75 Å². The van der Waals surface area contributed by atoms with E-state index in [9.17, 15) is 4.79 Å². The van der Waals surface area contributed by atoms with Crippen LogP contribution in [0.15, 0.2) is 36.4 Å². The molecule has 0 saturated heterocycles. The second-order valence-corrected chi connectivity index (χ2v) is 6.83. The maximum absolute atomic E-state index is 12.0. The largest absolute Gasteiger partial charge is 0.484 e. The number of benzene rings is 2. The standard InChI is InChI=1S/C18H18INO2/c1-12-9-15(19)6-8-17(12)20-18(21)11-22-16-7-5-13-3-2-4-14(13)10-16/h5-10H,2-4,11H2,1H3,(H,20,21). The van der Waals surface area contributed by atoms with E-state index in [-0.39, 0.29) is 12.5 Å². The molecule has 2 aromatic rings. The van der Waals surface area contributed by atoms with E-state index in [2.05, 4.69) is 40.0 Å². The van der Waals surface area contributed by atoms with Gasteiger partial charge in [0.05, 0.1) is 0 Å². The topological polar surface area (TPSA) is 38.3 Å². The highest BCUT2D eigenvalue weighted by Gasteiger charge is 2.12. The van der Waals surface area contributed by atoms with Gasteiger partial charge in [-0.1, -0.05) is 6.07 Å². The van der Waals surface area contributed by atoms with Crippen LogP contribution in [0, 0.1) is 10.5 Å². The predicted molar refractivity (Wildman–Crippen MR) is 96.5 cm³/mol. The summed E-state index contributed by atoms with van der Waals surface area (Å²) in [6.45, 7) is 2.02. The molecule has 114 valence electrons. The molecule has 0 aromatic heterocycles. The average molecular weight is 407 g/mol. The number of nitrogens with one attached hydrogen (secondary N) is 1. The SMILES string of the molecule is Cc1cc(I)ccc1NC(=O)COc1ccc2c(c1)CCC2. The zero-order valence-corrected chi connectivity index (χ0v) is 14.6. The monoisotopic (exact) mass is 407 g/mol. The molecular weight excluding hydrogens is 389 g/mol. The number of ether oxygens (including phenoxy) is 1. The minimum absolute atomic E-state index is 0.0320. The van der Waals surface area contributed by atoms with Gasteiger partial charge in [0.1, 0.15) is 5.75 Å². The fourth-order valence-corrected chi connectivity index (χ4v) is 3.39. The van der Waals surface area contributed by atoms with Gasteiger partial charge >= 0.3 is 0 Å². The molecule has 0 heterocycles.